The lowest BCUT2D eigenvalue weighted by atomic mass is 9.79. The standard InChI is InChI=1S/C13H19NO/c1-13(9-14,11-4-5-11)8-10-2-6-12(15)7-3-10/h2-3,6-7,11,15H,4-5,8-9,14H2,1H3. The summed E-state index contributed by atoms with van der Waals surface area (Å²) in [5.41, 5.74) is 7.39. The third kappa shape index (κ3) is 2.32. The molecule has 1 atom stereocenters. The van der Waals surface area contributed by atoms with Crippen molar-refractivity contribution in [1.82, 2.24) is 0 Å². The van der Waals surface area contributed by atoms with E-state index in [-0.39, 0.29) is 5.41 Å². The van der Waals surface area contributed by atoms with Gasteiger partial charge in [-0.15, -0.1) is 0 Å². The largest absolute Gasteiger partial charge is 0.508 e. The van der Waals surface area contributed by atoms with Crippen LogP contribution in [0.1, 0.15) is 25.3 Å². The van der Waals surface area contributed by atoms with Gasteiger partial charge in [-0.05, 0) is 54.8 Å². The fraction of sp³-hybridized carbons (Fsp3) is 0.538. The van der Waals surface area contributed by atoms with Gasteiger partial charge in [0.1, 0.15) is 5.75 Å². The average Bonchev–Trinajstić information content (AvgIpc) is 3.05. The average molecular weight is 205 g/mol. The normalized spacial score (nSPS) is 19.9. The maximum Gasteiger partial charge on any atom is 0.115 e. The molecule has 2 nitrogen and oxygen atoms in total. The molecule has 0 aromatic heterocycles. The second-order valence-corrected chi connectivity index (χ2v) is 4.98. The first-order valence-corrected chi connectivity index (χ1v) is 5.62. The van der Waals surface area contributed by atoms with E-state index in [0.29, 0.717) is 5.75 Å². The Kier molecular flexibility index (Phi) is 2.70. The molecule has 1 aromatic carbocycles. The van der Waals surface area contributed by atoms with Crippen LogP contribution in [0.5, 0.6) is 5.75 Å². The van der Waals surface area contributed by atoms with Gasteiger partial charge in [0.2, 0.25) is 0 Å². The van der Waals surface area contributed by atoms with Crippen LogP contribution in [0.25, 0.3) is 0 Å². The van der Waals surface area contributed by atoms with Crippen LogP contribution in [0.4, 0.5) is 0 Å². The van der Waals surface area contributed by atoms with Crippen molar-refractivity contribution in [3.8, 4) is 5.75 Å². The van der Waals surface area contributed by atoms with E-state index in [0.717, 1.165) is 18.9 Å². The van der Waals surface area contributed by atoms with Crippen molar-refractivity contribution in [2.45, 2.75) is 26.2 Å². The fourth-order valence-corrected chi connectivity index (χ4v) is 2.24. The first-order valence-electron chi connectivity index (χ1n) is 5.62. The summed E-state index contributed by atoms with van der Waals surface area (Å²) in [5, 5.41) is 9.21. The summed E-state index contributed by atoms with van der Waals surface area (Å²) in [4.78, 5) is 0. The minimum Gasteiger partial charge on any atom is -0.508 e. The van der Waals surface area contributed by atoms with Crippen molar-refractivity contribution in [3.05, 3.63) is 29.8 Å². The lowest BCUT2D eigenvalue weighted by molar-refractivity contribution is 0.281. The van der Waals surface area contributed by atoms with Crippen molar-refractivity contribution in [2.24, 2.45) is 17.1 Å². The van der Waals surface area contributed by atoms with Crippen LogP contribution in [0.3, 0.4) is 0 Å². The van der Waals surface area contributed by atoms with E-state index in [1.807, 2.05) is 12.1 Å². The van der Waals surface area contributed by atoms with Crippen LogP contribution in [0, 0.1) is 11.3 Å². The van der Waals surface area contributed by atoms with Gasteiger partial charge in [-0.25, -0.2) is 0 Å². The van der Waals surface area contributed by atoms with E-state index in [4.69, 9.17) is 5.73 Å². The molecule has 2 rings (SSSR count). The number of nitrogens with two attached hydrogens (primary N) is 1. The SMILES string of the molecule is CC(CN)(Cc1ccc(O)cc1)C1CC1. The second-order valence-electron chi connectivity index (χ2n) is 4.98. The van der Waals surface area contributed by atoms with Crippen molar-refractivity contribution in [3.63, 3.8) is 0 Å². The van der Waals surface area contributed by atoms with Crippen LogP contribution in [0.2, 0.25) is 0 Å². The number of phenolic OH excluding ortho intramolecular Hbond substituents is 1. The molecular formula is C13H19NO. The molecule has 0 heterocycles. The predicted octanol–water partition coefficient (Wildman–Crippen LogP) is 2.31. The Hall–Kier alpha value is -1.02. The topological polar surface area (TPSA) is 46.2 Å². The van der Waals surface area contributed by atoms with Gasteiger partial charge in [-0.3, -0.25) is 0 Å². The number of aromatic hydroxyl groups is 1. The molecule has 15 heavy (non-hydrogen) atoms. The molecule has 1 aromatic rings. The van der Waals surface area contributed by atoms with E-state index in [1.165, 1.54) is 18.4 Å². The van der Waals surface area contributed by atoms with Gasteiger partial charge >= 0.3 is 0 Å². The Balaban J connectivity index is 2.09. The van der Waals surface area contributed by atoms with Crippen LogP contribution in [-0.2, 0) is 6.42 Å². The second kappa shape index (κ2) is 3.86. The highest BCUT2D eigenvalue weighted by Gasteiger charge is 2.40. The molecule has 82 valence electrons. The smallest absolute Gasteiger partial charge is 0.115 e. The molecule has 1 fully saturated rings. The van der Waals surface area contributed by atoms with Crippen LogP contribution >= 0.6 is 0 Å². The first kappa shape index (κ1) is 10.5. The Morgan fingerprint density at radius 3 is 2.40 bits per heavy atom. The summed E-state index contributed by atoms with van der Waals surface area (Å²) < 4.78 is 0. The van der Waals surface area contributed by atoms with Gasteiger partial charge in [0, 0.05) is 0 Å². The molecule has 1 saturated carbocycles. The minimum absolute atomic E-state index is 0.247. The first-order chi connectivity index (χ1) is 7.14. The van der Waals surface area contributed by atoms with E-state index in [1.54, 1.807) is 12.1 Å². The number of hydrogen-bond acceptors (Lipinski definition) is 2. The molecule has 3 N–H and O–H groups in total. The molecule has 0 bridgehead atoms. The molecule has 0 saturated heterocycles. The van der Waals surface area contributed by atoms with Gasteiger partial charge in [-0.1, -0.05) is 19.1 Å². The van der Waals surface area contributed by atoms with E-state index < -0.39 is 0 Å². The van der Waals surface area contributed by atoms with Gasteiger partial charge in [-0.2, -0.15) is 0 Å². The molecule has 2 heteroatoms. The molecular weight excluding hydrogens is 186 g/mol. The summed E-state index contributed by atoms with van der Waals surface area (Å²) in [6.45, 7) is 3.02. The summed E-state index contributed by atoms with van der Waals surface area (Å²) in [6, 6.07) is 7.48. The van der Waals surface area contributed by atoms with Crippen molar-refractivity contribution >= 4 is 0 Å². The molecule has 1 aliphatic carbocycles. The zero-order chi connectivity index (χ0) is 10.9. The highest BCUT2D eigenvalue weighted by molar-refractivity contribution is 5.27. The van der Waals surface area contributed by atoms with Gasteiger partial charge < -0.3 is 10.8 Å². The van der Waals surface area contributed by atoms with Gasteiger partial charge in [0.15, 0.2) is 0 Å². The van der Waals surface area contributed by atoms with Crippen LogP contribution in [0.15, 0.2) is 24.3 Å². The van der Waals surface area contributed by atoms with Gasteiger partial charge in [0.05, 0.1) is 0 Å². The predicted molar refractivity (Wildman–Crippen MR) is 61.7 cm³/mol. The third-order valence-electron chi connectivity index (χ3n) is 3.57. The summed E-state index contributed by atoms with van der Waals surface area (Å²) >= 11 is 0. The highest BCUT2D eigenvalue weighted by Crippen LogP contribution is 2.46. The van der Waals surface area contributed by atoms with Crippen molar-refractivity contribution in [2.75, 3.05) is 6.54 Å². The quantitative estimate of drug-likeness (QED) is 0.792. The van der Waals surface area contributed by atoms with E-state index in [9.17, 15) is 5.11 Å². The maximum atomic E-state index is 9.21. The zero-order valence-electron chi connectivity index (χ0n) is 9.24. The minimum atomic E-state index is 0.247. The number of benzene rings is 1. The Labute approximate surface area is 91.1 Å². The van der Waals surface area contributed by atoms with Gasteiger partial charge in [0.25, 0.3) is 0 Å². The Bertz CT molecular complexity index is 329. The Morgan fingerprint density at radius 1 is 1.33 bits per heavy atom. The van der Waals surface area contributed by atoms with Crippen molar-refractivity contribution < 1.29 is 5.11 Å². The Morgan fingerprint density at radius 2 is 1.93 bits per heavy atom. The van der Waals surface area contributed by atoms with Crippen LogP contribution in [-0.4, -0.2) is 11.7 Å². The number of phenols is 1. The highest BCUT2D eigenvalue weighted by atomic mass is 16.3. The molecule has 0 aliphatic heterocycles. The third-order valence-corrected chi connectivity index (χ3v) is 3.57. The number of rotatable bonds is 4. The summed E-state index contributed by atoms with van der Waals surface area (Å²) in [5.74, 6) is 1.14. The molecule has 0 amide bonds. The molecule has 0 radical (unpaired) electrons. The lowest BCUT2D eigenvalue weighted by Crippen LogP contribution is -2.31. The summed E-state index contributed by atoms with van der Waals surface area (Å²) in [7, 11) is 0. The monoisotopic (exact) mass is 205 g/mol. The fourth-order valence-electron chi connectivity index (χ4n) is 2.24. The maximum absolute atomic E-state index is 9.21. The number of hydrogen-bond donors (Lipinski definition) is 2. The molecule has 1 unspecified atom stereocenters. The van der Waals surface area contributed by atoms with E-state index in [2.05, 4.69) is 6.92 Å². The zero-order valence-corrected chi connectivity index (χ0v) is 9.24. The van der Waals surface area contributed by atoms with Crippen LogP contribution < -0.4 is 5.73 Å². The lowest BCUT2D eigenvalue weighted by Gasteiger charge is -2.28. The molecule has 0 spiro atoms. The van der Waals surface area contributed by atoms with Crippen molar-refractivity contribution in [1.29, 1.82) is 0 Å². The van der Waals surface area contributed by atoms with E-state index >= 15 is 0 Å². The summed E-state index contributed by atoms with van der Waals surface area (Å²) in [6.07, 6.45) is 3.67. The molecule has 1 aliphatic rings.